The van der Waals surface area contributed by atoms with Crippen LogP contribution in [-0.4, -0.2) is 30.9 Å². The standard InChI is InChI=1S/C10H6F3N3O3/c11-10(12,13)8-6(9(18)19)4-15-16(8)7-3-5(17)1-2-14-7/h1-4H,(H,14,17)(H,18,19). The Morgan fingerprint density at radius 2 is 2.05 bits per heavy atom. The van der Waals surface area contributed by atoms with Crippen molar-refractivity contribution >= 4 is 5.97 Å². The Morgan fingerprint density at radius 3 is 2.58 bits per heavy atom. The van der Waals surface area contributed by atoms with E-state index in [1.165, 1.54) is 6.07 Å². The molecular formula is C10H6F3N3O3. The van der Waals surface area contributed by atoms with Crippen molar-refractivity contribution in [2.75, 3.05) is 0 Å². The fourth-order valence-electron chi connectivity index (χ4n) is 1.47. The number of rotatable bonds is 2. The van der Waals surface area contributed by atoms with Crippen LogP contribution in [-0.2, 0) is 6.18 Å². The highest BCUT2D eigenvalue weighted by molar-refractivity contribution is 5.89. The van der Waals surface area contributed by atoms with Crippen molar-refractivity contribution < 1.29 is 28.2 Å². The van der Waals surface area contributed by atoms with Gasteiger partial charge in [0.2, 0.25) is 0 Å². The molecule has 0 unspecified atom stereocenters. The number of aromatic carboxylic acids is 1. The van der Waals surface area contributed by atoms with Gasteiger partial charge >= 0.3 is 12.1 Å². The van der Waals surface area contributed by atoms with Crippen LogP contribution in [0.25, 0.3) is 5.82 Å². The van der Waals surface area contributed by atoms with E-state index in [2.05, 4.69) is 10.1 Å². The van der Waals surface area contributed by atoms with E-state index >= 15 is 0 Å². The van der Waals surface area contributed by atoms with E-state index in [4.69, 9.17) is 5.11 Å². The van der Waals surface area contributed by atoms with E-state index in [-0.39, 0.29) is 11.6 Å². The van der Waals surface area contributed by atoms with Crippen molar-refractivity contribution in [2.45, 2.75) is 6.18 Å². The normalized spacial score (nSPS) is 11.5. The van der Waals surface area contributed by atoms with E-state index in [0.29, 0.717) is 10.9 Å². The summed E-state index contributed by atoms with van der Waals surface area (Å²) in [5.74, 6) is -2.40. The first kappa shape index (κ1) is 12.9. The topological polar surface area (TPSA) is 88.2 Å². The molecule has 6 nitrogen and oxygen atoms in total. The molecule has 0 fully saturated rings. The van der Waals surface area contributed by atoms with Gasteiger partial charge in [-0.05, 0) is 6.07 Å². The summed E-state index contributed by atoms with van der Waals surface area (Å²) in [6.45, 7) is 0. The molecule has 0 aliphatic heterocycles. The summed E-state index contributed by atoms with van der Waals surface area (Å²) in [5, 5.41) is 21.3. The number of carboxylic acids is 1. The molecule has 2 aromatic rings. The molecule has 0 bridgehead atoms. The Kier molecular flexibility index (Phi) is 2.89. The Bertz CT molecular complexity index is 636. The molecule has 0 spiro atoms. The lowest BCUT2D eigenvalue weighted by atomic mass is 10.2. The van der Waals surface area contributed by atoms with Crippen LogP contribution in [0.3, 0.4) is 0 Å². The van der Waals surface area contributed by atoms with Crippen LogP contribution in [0.5, 0.6) is 5.75 Å². The molecule has 2 aromatic heterocycles. The second kappa shape index (κ2) is 4.26. The first-order chi connectivity index (χ1) is 8.80. The largest absolute Gasteiger partial charge is 0.508 e. The van der Waals surface area contributed by atoms with Crippen LogP contribution in [0.4, 0.5) is 13.2 Å². The third-order valence-electron chi connectivity index (χ3n) is 2.21. The van der Waals surface area contributed by atoms with E-state index in [1.54, 1.807) is 0 Å². The third kappa shape index (κ3) is 2.34. The molecule has 0 aromatic carbocycles. The number of nitrogens with zero attached hydrogens (tertiary/aromatic N) is 3. The lowest BCUT2D eigenvalue weighted by Crippen LogP contribution is -2.17. The van der Waals surface area contributed by atoms with E-state index in [9.17, 15) is 23.1 Å². The Hall–Kier alpha value is -2.58. The highest BCUT2D eigenvalue weighted by Gasteiger charge is 2.40. The Balaban J connectivity index is 2.68. The summed E-state index contributed by atoms with van der Waals surface area (Å²) in [6, 6.07) is 2.10. The number of hydrogen-bond donors (Lipinski definition) is 2. The van der Waals surface area contributed by atoms with Crippen molar-refractivity contribution in [3.63, 3.8) is 0 Å². The first-order valence-corrected chi connectivity index (χ1v) is 4.84. The Labute approximate surface area is 103 Å². The number of hydrogen-bond acceptors (Lipinski definition) is 4. The lowest BCUT2D eigenvalue weighted by molar-refractivity contribution is -0.143. The molecule has 19 heavy (non-hydrogen) atoms. The average molecular weight is 273 g/mol. The Morgan fingerprint density at radius 1 is 1.37 bits per heavy atom. The molecule has 0 saturated heterocycles. The van der Waals surface area contributed by atoms with Gasteiger partial charge in [0.15, 0.2) is 11.5 Å². The monoisotopic (exact) mass is 273 g/mol. The molecule has 0 radical (unpaired) electrons. The SMILES string of the molecule is O=C(O)c1cnn(-c2cc(O)ccn2)c1C(F)(F)F. The number of pyridine rings is 1. The second-order valence-electron chi connectivity index (χ2n) is 3.49. The zero-order valence-corrected chi connectivity index (χ0v) is 9.09. The first-order valence-electron chi connectivity index (χ1n) is 4.84. The van der Waals surface area contributed by atoms with Crippen molar-refractivity contribution in [1.82, 2.24) is 14.8 Å². The quantitative estimate of drug-likeness (QED) is 0.869. The maximum atomic E-state index is 12.9. The molecule has 9 heteroatoms. The third-order valence-corrected chi connectivity index (χ3v) is 2.21. The molecule has 100 valence electrons. The van der Waals surface area contributed by atoms with Crippen molar-refractivity contribution in [3.05, 3.63) is 35.8 Å². The van der Waals surface area contributed by atoms with Gasteiger partial charge in [0.05, 0.1) is 6.20 Å². The van der Waals surface area contributed by atoms with E-state index < -0.39 is 23.4 Å². The number of aromatic hydroxyl groups is 1. The maximum Gasteiger partial charge on any atom is 0.434 e. The maximum absolute atomic E-state index is 12.9. The van der Waals surface area contributed by atoms with Gasteiger partial charge in [-0.3, -0.25) is 0 Å². The number of carboxylic acid groups (broad SMARTS) is 1. The molecule has 0 aliphatic rings. The van der Waals surface area contributed by atoms with E-state index in [0.717, 1.165) is 12.3 Å². The van der Waals surface area contributed by atoms with Crippen molar-refractivity contribution in [3.8, 4) is 11.6 Å². The molecule has 2 N–H and O–H groups in total. The minimum atomic E-state index is -4.92. The highest BCUT2D eigenvalue weighted by atomic mass is 19.4. The van der Waals surface area contributed by atoms with Crippen LogP contribution >= 0.6 is 0 Å². The van der Waals surface area contributed by atoms with Crippen molar-refractivity contribution in [2.24, 2.45) is 0 Å². The molecule has 0 saturated carbocycles. The number of halogens is 3. The van der Waals surface area contributed by atoms with Gasteiger partial charge in [-0.15, -0.1) is 0 Å². The van der Waals surface area contributed by atoms with Crippen LogP contribution in [0.15, 0.2) is 24.5 Å². The van der Waals surface area contributed by atoms with Gasteiger partial charge in [0.25, 0.3) is 0 Å². The van der Waals surface area contributed by atoms with Gasteiger partial charge in [0.1, 0.15) is 11.3 Å². The zero-order chi connectivity index (χ0) is 14.2. The van der Waals surface area contributed by atoms with Gasteiger partial charge in [0, 0.05) is 12.3 Å². The minimum absolute atomic E-state index is 0.314. The molecule has 0 atom stereocenters. The fraction of sp³-hybridized carbons (Fsp3) is 0.100. The molecule has 0 amide bonds. The number of carbonyl (C=O) groups is 1. The molecular weight excluding hydrogens is 267 g/mol. The molecule has 2 rings (SSSR count). The van der Waals surface area contributed by atoms with Gasteiger partial charge in [-0.1, -0.05) is 0 Å². The predicted octanol–water partition coefficient (Wildman–Crippen LogP) is 1.69. The summed E-state index contributed by atoms with van der Waals surface area (Å²) in [7, 11) is 0. The molecule has 0 aliphatic carbocycles. The average Bonchev–Trinajstić information content (AvgIpc) is 2.73. The zero-order valence-electron chi connectivity index (χ0n) is 9.09. The predicted molar refractivity (Wildman–Crippen MR) is 55.0 cm³/mol. The summed E-state index contributed by atoms with van der Waals surface area (Å²) < 4.78 is 38.9. The smallest absolute Gasteiger partial charge is 0.434 e. The van der Waals surface area contributed by atoms with Gasteiger partial charge in [-0.25, -0.2) is 14.5 Å². The van der Waals surface area contributed by atoms with E-state index in [1.807, 2.05) is 0 Å². The van der Waals surface area contributed by atoms with Crippen LogP contribution < -0.4 is 0 Å². The summed E-state index contributed by atoms with van der Waals surface area (Å²) >= 11 is 0. The van der Waals surface area contributed by atoms with Gasteiger partial charge in [-0.2, -0.15) is 18.3 Å². The summed E-state index contributed by atoms with van der Waals surface area (Å²) in [6.07, 6.45) is -3.26. The number of aromatic nitrogens is 3. The lowest BCUT2D eigenvalue weighted by Gasteiger charge is -2.10. The van der Waals surface area contributed by atoms with Gasteiger partial charge < -0.3 is 10.2 Å². The fourth-order valence-corrected chi connectivity index (χ4v) is 1.47. The van der Waals surface area contributed by atoms with Crippen LogP contribution in [0.1, 0.15) is 16.1 Å². The van der Waals surface area contributed by atoms with Crippen molar-refractivity contribution in [1.29, 1.82) is 0 Å². The van der Waals surface area contributed by atoms with Crippen LogP contribution in [0.2, 0.25) is 0 Å². The number of alkyl halides is 3. The second-order valence-corrected chi connectivity index (χ2v) is 3.49. The molecule has 2 heterocycles. The summed E-state index contributed by atoms with van der Waals surface area (Å²) in [5.41, 5.74) is -2.45. The van der Waals surface area contributed by atoms with Crippen LogP contribution in [0, 0.1) is 0 Å². The highest BCUT2D eigenvalue weighted by Crippen LogP contribution is 2.33. The summed E-state index contributed by atoms with van der Waals surface area (Å²) in [4.78, 5) is 14.4. The minimum Gasteiger partial charge on any atom is -0.508 e.